The Morgan fingerprint density at radius 1 is 1.31 bits per heavy atom. The average Bonchev–Trinajstić information content (AvgIpc) is 3.04. The summed E-state index contributed by atoms with van der Waals surface area (Å²) < 4.78 is 6.27. The van der Waals surface area contributed by atoms with Gasteiger partial charge >= 0.3 is 0 Å². The first-order valence-electron chi connectivity index (χ1n) is 9.15. The molecular weight excluding hydrogens is 326 g/mol. The molecule has 2 saturated heterocycles. The molecule has 6 heteroatoms. The molecule has 2 aromatic rings. The molecule has 0 saturated carbocycles. The van der Waals surface area contributed by atoms with Crippen LogP contribution in [-0.2, 0) is 11.3 Å². The molecule has 134 valence electrons. The van der Waals surface area contributed by atoms with Crippen LogP contribution in [0.1, 0.15) is 30.7 Å². The molecule has 0 unspecified atom stereocenters. The highest BCUT2D eigenvalue weighted by Crippen LogP contribution is 2.36. The van der Waals surface area contributed by atoms with E-state index >= 15 is 0 Å². The fourth-order valence-electron chi connectivity index (χ4n) is 4.05. The van der Waals surface area contributed by atoms with Gasteiger partial charge in [0.25, 0.3) is 0 Å². The molecule has 2 aromatic heterocycles. The lowest BCUT2D eigenvalue weighted by Gasteiger charge is -2.39. The second-order valence-electron chi connectivity index (χ2n) is 7.19. The summed E-state index contributed by atoms with van der Waals surface area (Å²) in [6, 6.07) is 13.9. The molecule has 0 aliphatic carbocycles. The number of nitriles is 1. The predicted octanol–water partition coefficient (Wildman–Crippen LogP) is 2.58. The topological polar surface area (TPSA) is 74.1 Å². The monoisotopic (exact) mass is 349 g/mol. The van der Waals surface area contributed by atoms with Gasteiger partial charge in [-0.2, -0.15) is 5.26 Å². The van der Waals surface area contributed by atoms with Crippen molar-refractivity contribution in [2.24, 2.45) is 0 Å². The van der Waals surface area contributed by atoms with E-state index in [4.69, 9.17) is 10.00 Å². The molecule has 0 amide bonds. The second-order valence-corrected chi connectivity index (χ2v) is 7.19. The van der Waals surface area contributed by atoms with Gasteiger partial charge in [-0.25, -0.2) is 4.98 Å². The summed E-state index contributed by atoms with van der Waals surface area (Å²) in [4.78, 5) is 11.2. The van der Waals surface area contributed by atoms with Crippen molar-refractivity contribution in [3.63, 3.8) is 0 Å². The van der Waals surface area contributed by atoms with E-state index in [1.54, 1.807) is 6.07 Å². The first-order valence-corrected chi connectivity index (χ1v) is 9.15. The van der Waals surface area contributed by atoms with Gasteiger partial charge in [0.15, 0.2) is 0 Å². The number of ether oxygens (including phenoxy) is 1. The van der Waals surface area contributed by atoms with Crippen molar-refractivity contribution in [2.45, 2.75) is 37.5 Å². The van der Waals surface area contributed by atoms with Crippen LogP contribution in [0.4, 0.5) is 5.82 Å². The van der Waals surface area contributed by atoms with Crippen LogP contribution in [0.2, 0.25) is 0 Å². The molecule has 26 heavy (non-hydrogen) atoms. The molecule has 2 aliphatic rings. The largest absolute Gasteiger partial charge is 0.371 e. The standard InChI is InChI=1S/C20H23N5O/c21-12-16-6-3-7-19(23-16)24-18-11-20(26-14-18)8-4-10-25(15-20)13-17-5-1-2-9-22-17/h1-3,5-7,9,18H,4,8,10-11,13-15H2,(H,23,24)/t18-,20-/m0/s1. The number of likely N-dealkylation sites (tertiary alicyclic amines) is 1. The Morgan fingerprint density at radius 3 is 3.12 bits per heavy atom. The predicted molar refractivity (Wildman–Crippen MR) is 98.4 cm³/mol. The van der Waals surface area contributed by atoms with E-state index in [2.05, 4.69) is 32.3 Å². The zero-order valence-electron chi connectivity index (χ0n) is 14.8. The molecule has 1 N–H and O–H groups in total. The van der Waals surface area contributed by atoms with Crippen LogP contribution >= 0.6 is 0 Å². The quantitative estimate of drug-likeness (QED) is 0.914. The number of anilines is 1. The van der Waals surface area contributed by atoms with E-state index in [1.165, 1.54) is 0 Å². The molecule has 4 rings (SSSR count). The van der Waals surface area contributed by atoms with E-state index < -0.39 is 0 Å². The van der Waals surface area contributed by atoms with Crippen LogP contribution in [-0.4, -0.2) is 46.2 Å². The van der Waals surface area contributed by atoms with E-state index in [-0.39, 0.29) is 11.6 Å². The highest BCUT2D eigenvalue weighted by atomic mass is 16.5. The lowest BCUT2D eigenvalue weighted by atomic mass is 9.88. The first-order chi connectivity index (χ1) is 12.7. The SMILES string of the molecule is N#Cc1cccc(N[C@@H]2CO[C@@]3(CCCN(Cc4ccccn4)C3)C2)n1. The van der Waals surface area contributed by atoms with E-state index in [0.29, 0.717) is 12.3 Å². The Labute approximate surface area is 153 Å². The van der Waals surface area contributed by atoms with E-state index in [1.807, 2.05) is 30.5 Å². The van der Waals surface area contributed by atoms with Gasteiger partial charge < -0.3 is 10.1 Å². The maximum Gasteiger partial charge on any atom is 0.142 e. The molecule has 2 fully saturated rings. The van der Waals surface area contributed by atoms with E-state index in [9.17, 15) is 0 Å². The van der Waals surface area contributed by atoms with Gasteiger partial charge in [-0.05, 0) is 43.7 Å². The van der Waals surface area contributed by atoms with Gasteiger partial charge in [-0.1, -0.05) is 12.1 Å². The number of hydrogen-bond acceptors (Lipinski definition) is 6. The van der Waals surface area contributed by atoms with Crippen molar-refractivity contribution in [1.29, 1.82) is 5.26 Å². The molecule has 0 radical (unpaired) electrons. The molecule has 2 atom stereocenters. The van der Waals surface area contributed by atoms with Crippen LogP contribution < -0.4 is 5.32 Å². The van der Waals surface area contributed by atoms with Gasteiger partial charge in [0.1, 0.15) is 17.6 Å². The zero-order chi connectivity index (χ0) is 17.8. The molecule has 1 spiro atoms. The molecule has 0 bridgehead atoms. The van der Waals surface area contributed by atoms with Crippen LogP contribution in [0.15, 0.2) is 42.6 Å². The van der Waals surface area contributed by atoms with Crippen molar-refractivity contribution >= 4 is 5.82 Å². The van der Waals surface area contributed by atoms with E-state index in [0.717, 1.165) is 50.4 Å². The van der Waals surface area contributed by atoms with Gasteiger partial charge in [-0.3, -0.25) is 9.88 Å². The number of nitrogens with one attached hydrogen (secondary N) is 1. The summed E-state index contributed by atoms with van der Waals surface area (Å²) in [6.45, 7) is 3.57. The second kappa shape index (κ2) is 7.40. The molecular formula is C20H23N5O. The molecule has 4 heterocycles. The Morgan fingerprint density at radius 2 is 2.27 bits per heavy atom. The van der Waals surface area contributed by atoms with Gasteiger partial charge in [0, 0.05) is 25.7 Å². The highest BCUT2D eigenvalue weighted by Gasteiger charge is 2.43. The highest BCUT2D eigenvalue weighted by molar-refractivity contribution is 5.39. The first kappa shape index (κ1) is 17.0. The van der Waals surface area contributed by atoms with Crippen LogP contribution in [0.3, 0.4) is 0 Å². The molecule has 2 aliphatic heterocycles. The number of rotatable bonds is 4. The van der Waals surface area contributed by atoms with Crippen molar-refractivity contribution in [1.82, 2.24) is 14.9 Å². The fourth-order valence-corrected chi connectivity index (χ4v) is 4.05. The van der Waals surface area contributed by atoms with Crippen molar-refractivity contribution < 1.29 is 4.74 Å². The van der Waals surface area contributed by atoms with Crippen LogP contribution in [0.25, 0.3) is 0 Å². The smallest absolute Gasteiger partial charge is 0.142 e. The van der Waals surface area contributed by atoms with Crippen LogP contribution in [0, 0.1) is 11.3 Å². The lowest BCUT2D eigenvalue weighted by Crippen LogP contribution is -2.47. The summed E-state index contributed by atoms with van der Waals surface area (Å²) in [5.74, 6) is 0.746. The number of hydrogen-bond donors (Lipinski definition) is 1. The Bertz CT molecular complexity index is 790. The third-order valence-corrected chi connectivity index (χ3v) is 5.16. The minimum Gasteiger partial charge on any atom is -0.371 e. The van der Waals surface area contributed by atoms with Crippen molar-refractivity contribution in [3.05, 3.63) is 54.0 Å². The Hall–Kier alpha value is -2.49. The van der Waals surface area contributed by atoms with Gasteiger partial charge in [-0.15, -0.1) is 0 Å². The number of pyridine rings is 2. The van der Waals surface area contributed by atoms with Crippen molar-refractivity contribution in [3.8, 4) is 6.07 Å². The maximum absolute atomic E-state index is 9.00. The third kappa shape index (κ3) is 3.85. The minimum absolute atomic E-state index is 0.0858. The summed E-state index contributed by atoms with van der Waals surface area (Å²) >= 11 is 0. The summed E-state index contributed by atoms with van der Waals surface area (Å²) in [5, 5.41) is 12.4. The Balaban J connectivity index is 1.37. The van der Waals surface area contributed by atoms with Gasteiger partial charge in [0.05, 0.1) is 23.9 Å². The lowest BCUT2D eigenvalue weighted by molar-refractivity contribution is -0.0535. The number of aromatic nitrogens is 2. The zero-order valence-corrected chi connectivity index (χ0v) is 14.8. The fraction of sp³-hybridized carbons (Fsp3) is 0.450. The minimum atomic E-state index is -0.0858. The number of nitrogens with zero attached hydrogens (tertiary/aromatic N) is 4. The Kier molecular flexibility index (Phi) is 4.83. The van der Waals surface area contributed by atoms with Gasteiger partial charge in [0.2, 0.25) is 0 Å². The summed E-state index contributed by atoms with van der Waals surface area (Å²) in [7, 11) is 0. The van der Waals surface area contributed by atoms with Crippen molar-refractivity contribution in [2.75, 3.05) is 25.0 Å². The van der Waals surface area contributed by atoms with Crippen LogP contribution in [0.5, 0.6) is 0 Å². The third-order valence-electron chi connectivity index (χ3n) is 5.16. The summed E-state index contributed by atoms with van der Waals surface area (Å²) in [6.07, 6.45) is 5.05. The molecule has 6 nitrogen and oxygen atoms in total. The normalized spacial score (nSPS) is 25.9. The summed E-state index contributed by atoms with van der Waals surface area (Å²) in [5.41, 5.74) is 1.45. The molecule has 0 aromatic carbocycles. The number of piperidine rings is 1. The average molecular weight is 349 g/mol. The maximum atomic E-state index is 9.00.